The molecule has 1 amide bonds. The zero-order valence-electron chi connectivity index (χ0n) is 13.8. The molecule has 11 heteroatoms. The topological polar surface area (TPSA) is 178 Å². The number of amides is 1. The molecule has 2 fully saturated rings. The van der Waals surface area contributed by atoms with E-state index in [9.17, 15) is 35.4 Å². The highest BCUT2D eigenvalue weighted by Crippen LogP contribution is 2.32. The molecule has 0 unspecified atom stereocenters. The van der Waals surface area contributed by atoms with Crippen LogP contribution < -0.4 is 5.32 Å². The van der Waals surface area contributed by atoms with Crippen LogP contribution in [0.1, 0.15) is 20.3 Å². The average molecular weight is 367 g/mol. The Morgan fingerprint density at radius 1 is 1.24 bits per heavy atom. The minimum atomic E-state index is -2.52. The van der Waals surface area contributed by atoms with E-state index in [0.29, 0.717) is 0 Å². The molecule has 2 aliphatic heterocycles. The van der Waals surface area contributed by atoms with Gasteiger partial charge in [0.25, 0.3) is 0 Å². The number of carbonyl (C=O) groups is 1. The Morgan fingerprint density at radius 2 is 1.88 bits per heavy atom. The molecule has 11 nitrogen and oxygen atoms in total. The van der Waals surface area contributed by atoms with Crippen molar-refractivity contribution in [2.75, 3.05) is 6.61 Å². The largest absolute Gasteiger partial charge is 0.394 e. The Bertz CT molecular complexity index is 467. The summed E-state index contributed by atoms with van der Waals surface area (Å²) in [7, 11) is 0. The standard InChI is InChI=1S/C14H25NO10/c1-5-10(19)7(18)3-9(23-5)25-12-11(20)8(4-16)24-13(21)14(12,22)15-6(2)17/h5,7-13,16,18-22H,3-4H2,1-2H3,(H,15,17)/t5-,7-,8+,9-,10+,11+,12-,13+,14+/m0/s1. The number of aliphatic hydroxyl groups is 6. The Morgan fingerprint density at radius 3 is 2.40 bits per heavy atom. The van der Waals surface area contributed by atoms with Crippen molar-refractivity contribution >= 4 is 5.91 Å². The van der Waals surface area contributed by atoms with Gasteiger partial charge in [-0.1, -0.05) is 0 Å². The molecule has 0 aliphatic carbocycles. The summed E-state index contributed by atoms with van der Waals surface area (Å²) in [6, 6.07) is 0. The highest BCUT2D eigenvalue weighted by molar-refractivity contribution is 5.73. The van der Waals surface area contributed by atoms with Gasteiger partial charge in [-0.25, -0.2) is 0 Å². The van der Waals surface area contributed by atoms with Crippen molar-refractivity contribution in [3.63, 3.8) is 0 Å². The van der Waals surface area contributed by atoms with E-state index >= 15 is 0 Å². The summed E-state index contributed by atoms with van der Waals surface area (Å²) >= 11 is 0. The first-order valence-corrected chi connectivity index (χ1v) is 7.90. The van der Waals surface area contributed by atoms with Crippen molar-refractivity contribution in [2.24, 2.45) is 0 Å². The number of nitrogens with one attached hydrogen (secondary N) is 1. The lowest BCUT2D eigenvalue weighted by atomic mass is 9.92. The third-order valence-corrected chi connectivity index (χ3v) is 4.34. The van der Waals surface area contributed by atoms with Gasteiger partial charge < -0.3 is 50.2 Å². The molecule has 0 spiro atoms. The Labute approximate surface area is 143 Å². The van der Waals surface area contributed by atoms with Crippen LogP contribution in [0.15, 0.2) is 0 Å². The average Bonchev–Trinajstić information content (AvgIpc) is 2.52. The van der Waals surface area contributed by atoms with Crippen molar-refractivity contribution in [2.45, 2.75) is 75.2 Å². The molecule has 25 heavy (non-hydrogen) atoms. The van der Waals surface area contributed by atoms with Gasteiger partial charge in [0.05, 0.1) is 18.8 Å². The number of rotatable bonds is 4. The molecule has 2 aliphatic rings. The van der Waals surface area contributed by atoms with Crippen LogP contribution in [0.5, 0.6) is 0 Å². The van der Waals surface area contributed by atoms with Gasteiger partial charge in [0.15, 0.2) is 6.29 Å². The molecule has 0 saturated carbocycles. The van der Waals surface area contributed by atoms with Gasteiger partial charge >= 0.3 is 0 Å². The van der Waals surface area contributed by atoms with Crippen LogP contribution in [0.4, 0.5) is 0 Å². The van der Waals surface area contributed by atoms with Crippen molar-refractivity contribution in [1.29, 1.82) is 0 Å². The Balaban J connectivity index is 2.23. The smallest absolute Gasteiger partial charge is 0.219 e. The Kier molecular flexibility index (Phi) is 6.35. The molecular weight excluding hydrogens is 342 g/mol. The minimum Gasteiger partial charge on any atom is -0.394 e. The summed E-state index contributed by atoms with van der Waals surface area (Å²) in [5.41, 5.74) is -2.52. The summed E-state index contributed by atoms with van der Waals surface area (Å²) < 4.78 is 15.8. The maximum absolute atomic E-state index is 11.4. The molecule has 146 valence electrons. The number of aliphatic hydroxyl groups excluding tert-OH is 5. The van der Waals surface area contributed by atoms with Gasteiger partial charge in [0, 0.05) is 13.3 Å². The van der Waals surface area contributed by atoms with Crippen LogP contribution in [-0.4, -0.2) is 98.1 Å². The van der Waals surface area contributed by atoms with Gasteiger partial charge in [-0.15, -0.1) is 0 Å². The van der Waals surface area contributed by atoms with Gasteiger partial charge in [-0.05, 0) is 6.92 Å². The quantitative estimate of drug-likeness (QED) is 0.243. The molecule has 0 bridgehead atoms. The lowest BCUT2D eigenvalue weighted by Crippen LogP contribution is -2.74. The molecule has 0 aromatic heterocycles. The molecule has 0 aromatic carbocycles. The maximum atomic E-state index is 11.4. The van der Waals surface area contributed by atoms with Crippen molar-refractivity contribution in [1.82, 2.24) is 5.32 Å². The second kappa shape index (κ2) is 7.78. The van der Waals surface area contributed by atoms with Gasteiger partial charge in [0.2, 0.25) is 17.9 Å². The highest BCUT2D eigenvalue weighted by atomic mass is 16.7. The SMILES string of the molecule is CC(=O)N[C@]1(O)[C@H](O)O[C@H](CO)[C@@H](O)[C@@H]1O[C@H]1C[C@H](O)[C@H](O)[C@H](C)O1. The third kappa shape index (κ3) is 4.10. The summed E-state index contributed by atoms with van der Waals surface area (Å²) in [5, 5.41) is 61.8. The molecule has 9 atom stereocenters. The fraction of sp³-hybridized carbons (Fsp3) is 0.929. The van der Waals surface area contributed by atoms with E-state index < -0.39 is 67.4 Å². The summed E-state index contributed by atoms with van der Waals surface area (Å²) in [6.45, 7) is 1.89. The van der Waals surface area contributed by atoms with Crippen LogP contribution in [0, 0.1) is 0 Å². The fourth-order valence-corrected chi connectivity index (χ4v) is 2.97. The normalized spacial score (nSPS) is 48.2. The van der Waals surface area contributed by atoms with E-state index in [1.54, 1.807) is 0 Å². The molecule has 2 saturated heterocycles. The van der Waals surface area contributed by atoms with Crippen LogP contribution in [-0.2, 0) is 19.0 Å². The highest BCUT2D eigenvalue weighted by Gasteiger charge is 2.57. The third-order valence-electron chi connectivity index (χ3n) is 4.34. The fourth-order valence-electron chi connectivity index (χ4n) is 2.97. The molecule has 2 rings (SSSR count). The monoisotopic (exact) mass is 367 g/mol. The molecule has 7 N–H and O–H groups in total. The predicted molar refractivity (Wildman–Crippen MR) is 78.6 cm³/mol. The van der Waals surface area contributed by atoms with E-state index in [-0.39, 0.29) is 6.42 Å². The van der Waals surface area contributed by atoms with Gasteiger partial charge in [-0.3, -0.25) is 4.79 Å². The summed E-state index contributed by atoms with van der Waals surface area (Å²) in [5.74, 6) is -0.734. The molecule has 2 heterocycles. The van der Waals surface area contributed by atoms with Gasteiger partial charge in [0.1, 0.15) is 24.4 Å². The summed E-state index contributed by atoms with van der Waals surface area (Å²) in [6.07, 6.45) is -11.0. The van der Waals surface area contributed by atoms with Crippen molar-refractivity contribution in [3.8, 4) is 0 Å². The van der Waals surface area contributed by atoms with Crippen molar-refractivity contribution < 1.29 is 49.6 Å². The summed E-state index contributed by atoms with van der Waals surface area (Å²) in [4.78, 5) is 11.4. The predicted octanol–water partition coefficient (Wildman–Crippen LogP) is -3.88. The van der Waals surface area contributed by atoms with E-state index in [2.05, 4.69) is 5.32 Å². The number of ether oxygens (including phenoxy) is 3. The van der Waals surface area contributed by atoms with E-state index in [1.807, 2.05) is 0 Å². The van der Waals surface area contributed by atoms with Gasteiger partial charge in [-0.2, -0.15) is 0 Å². The molecule has 0 aromatic rings. The number of hydrogen-bond donors (Lipinski definition) is 7. The lowest BCUT2D eigenvalue weighted by Gasteiger charge is -2.49. The number of hydrogen-bond acceptors (Lipinski definition) is 10. The first kappa shape index (κ1) is 20.4. The molecule has 0 radical (unpaired) electrons. The lowest BCUT2D eigenvalue weighted by molar-refractivity contribution is -0.370. The van der Waals surface area contributed by atoms with Crippen molar-refractivity contribution in [3.05, 3.63) is 0 Å². The maximum Gasteiger partial charge on any atom is 0.219 e. The van der Waals surface area contributed by atoms with E-state index in [0.717, 1.165) is 6.92 Å². The second-order valence-corrected chi connectivity index (χ2v) is 6.33. The van der Waals surface area contributed by atoms with E-state index in [4.69, 9.17) is 14.2 Å². The van der Waals surface area contributed by atoms with Crippen LogP contribution >= 0.6 is 0 Å². The van der Waals surface area contributed by atoms with Crippen LogP contribution in [0.3, 0.4) is 0 Å². The zero-order valence-corrected chi connectivity index (χ0v) is 13.8. The zero-order chi connectivity index (χ0) is 18.9. The van der Waals surface area contributed by atoms with Crippen LogP contribution in [0.2, 0.25) is 0 Å². The first-order chi connectivity index (χ1) is 11.6. The minimum absolute atomic E-state index is 0.175. The van der Waals surface area contributed by atoms with E-state index in [1.165, 1.54) is 6.92 Å². The number of carbonyl (C=O) groups excluding carboxylic acids is 1. The Hall–Kier alpha value is -0.890. The first-order valence-electron chi connectivity index (χ1n) is 7.90. The molecular formula is C14H25NO10. The van der Waals surface area contributed by atoms with Crippen LogP contribution in [0.25, 0.3) is 0 Å². The second-order valence-electron chi connectivity index (χ2n) is 6.33.